The molecule has 2 fully saturated rings. The van der Waals surface area contributed by atoms with Crippen molar-refractivity contribution in [3.63, 3.8) is 0 Å². The van der Waals surface area contributed by atoms with E-state index in [4.69, 9.17) is 14.2 Å². The van der Waals surface area contributed by atoms with Crippen LogP contribution < -0.4 is 0 Å². The van der Waals surface area contributed by atoms with Crippen molar-refractivity contribution in [2.24, 2.45) is 0 Å². The molecule has 0 aromatic rings. The van der Waals surface area contributed by atoms with Gasteiger partial charge in [-0.3, -0.25) is 9.59 Å². The summed E-state index contributed by atoms with van der Waals surface area (Å²) in [5.41, 5.74) is -1.18. The van der Waals surface area contributed by atoms with Gasteiger partial charge in [0.25, 0.3) is 0 Å². The van der Waals surface area contributed by atoms with Gasteiger partial charge in [0.2, 0.25) is 17.4 Å². The van der Waals surface area contributed by atoms with Crippen molar-refractivity contribution < 1.29 is 28.9 Å². The highest BCUT2D eigenvalue weighted by Gasteiger charge is 2.73. The van der Waals surface area contributed by atoms with Crippen LogP contribution in [-0.4, -0.2) is 39.6 Å². The zero-order valence-corrected chi connectivity index (χ0v) is 11.2. The number of aliphatic hydroxyl groups is 1. The second-order valence-electron chi connectivity index (χ2n) is 5.50. The van der Waals surface area contributed by atoms with E-state index >= 15 is 0 Å². The maximum atomic E-state index is 11.6. The molecule has 6 nitrogen and oxygen atoms in total. The lowest BCUT2D eigenvalue weighted by atomic mass is 9.94. The molecule has 0 radical (unpaired) electrons. The van der Waals surface area contributed by atoms with Crippen molar-refractivity contribution in [3.8, 4) is 0 Å². The normalized spacial score (nSPS) is 51.2. The van der Waals surface area contributed by atoms with Crippen molar-refractivity contribution in [3.05, 3.63) is 0 Å². The van der Waals surface area contributed by atoms with Crippen LogP contribution in [0.2, 0.25) is 0 Å². The van der Waals surface area contributed by atoms with Crippen LogP contribution in [0.15, 0.2) is 0 Å². The van der Waals surface area contributed by atoms with Crippen LogP contribution in [0.4, 0.5) is 0 Å². The van der Waals surface area contributed by atoms with E-state index in [1.54, 1.807) is 6.92 Å². The number of ketones is 2. The van der Waals surface area contributed by atoms with E-state index < -0.39 is 23.0 Å². The fourth-order valence-electron chi connectivity index (χ4n) is 2.45. The maximum Gasteiger partial charge on any atom is 0.231 e. The first kappa shape index (κ1) is 13.6. The molecule has 0 aromatic heterocycles. The van der Waals surface area contributed by atoms with Gasteiger partial charge in [-0.05, 0) is 27.7 Å². The Morgan fingerprint density at radius 3 is 1.94 bits per heavy atom. The highest BCUT2D eigenvalue weighted by Crippen LogP contribution is 2.55. The third-order valence-corrected chi connectivity index (χ3v) is 3.84. The van der Waals surface area contributed by atoms with Gasteiger partial charge in [0.15, 0.2) is 11.6 Å². The first-order chi connectivity index (χ1) is 7.97. The van der Waals surface area contributed by atoms with Gasteiger partial charge in [-0.25, -0.2) is 0 Å². The summed E-state index contributed by atoms with van der Waals surface area (Å²) in [4.78, 5) is 23.1. The van der Waals surface area contributed by atoms with Crippen molar-refractivity contribution in [2.45, 2.75) is 64.0 Å². The van der Waals surface area contributed by atoms with E-state index in [0.29, 0.717) is 0 Å². The summed E-state index contributed by atoms with van der Waals surface area (Å²) >= 11 is 0. The highest BCUT2D eigenvalue weighted by atomic mass is 16.9. The first-order valence-electron chi connectivity index (χ1n) is 5.81. The molecule has 0 amide bonds. The Labute approximate surface area is 105 Å². The number of carbonyl (C=O) groups is 2. The number of Topliss-reactive ketones (excluding diaryl/α,β-unsaturated/α-hetero) is 2. The smallest absolute Gasteiger partial charge is 0.231 e. The first-order valence-corrected chi connectivity index (χ1v) is 5.81. The van der Waals surface area contributed by atoms with Crippen LogP contribution in [0.25, 0.3) is 0 Å². The van der Waals surface area contributed by atoms with E-state index in [2.05, 4.69) is 0 Å². The Morgan fingerprint density at radius 2 is 1.56 bits per heavy atom. The van der Waals surface area contributed by atoms with Crippen LogP contribution in [0.1, 0.15) is 41.0 Å². The van der Waals surface area contributed by atoms with Crippen LogP contribution in [0, 0.1) is 0 Å². The Morgan fingerprint density at radius 1 is 1.00 bits per heavy atom. The summed E-state index contributed by atoms with van der Waals surface area (Å²) < 4.78 is 16.4. The van der Waals surface area contributed by atoms with Crippen LogP contribution in [0.3, 0.4) is 0 Å². The molecule has 2 unspecified atom stereocenters. The third kappa shape index (κ3) is 1.56. The van der Waals surface area contributed by atoms with Gasteiger partial charge in [-0.1, -0.05) is 0 Å². The third-order valence-electron chi connectivity index (χ3n) is 3.84. The molecule has 0 aromatic carbocycles. The number of rotatable bonds is 2. The number of carbonyl (C=O) groups excluding carboxylic acids is 2. The van der Waals surface area contributed by atoms with Gasteiger partial charge < -0.3 is 19.3 Å². The Kier molecular flexibility index (Phi) is 2.56. The molecule has 6 heteroatoms. The summed E-state index contributed by atoms with van der Waals surface area (Å²) in [6.45, 7) is 7.13. The van der Waals surface area contributed by atoms with Gasteiger partial charge in [-0.2, -0.15) is 0 Å². The molecule has 0 spiro atoms. The average molecular weight is 258 g/mol. The van der Waals surface area contributed by atoms with Crippen LogP contribution in [-0.2, 0) is 23.8 Å². The zero-order chi connectivity index (χ0) is 14.0. The van der Waals surface area contributed by atoms with E-state index in [0.717, 1.165) is 0 Å². The van der Waals surface area contributed by atoms with E-state index in [1.165, 1.54) is 27.7 Å². The molecular weight excluding hydrogens is 240 g/mol. The molecule has 0 bridgehead atoms. The minimum absolute atomic E-state index is 0.0747. The fraction of sp³-hybridized carbons (Fsp3) is 0.833. The van der Waals surface area contributed by atoms with E-state index in [1.807, 2.05) is 0 Å². The number of hydrogen-bond acceptors (Lipinski definition) is 6. The molecule has 102 valence electrons. The molecule has 2 aliphatic heterocycles. The lowest BCUT2D eigenvalue weighted by Gasteiger charge is -2.29. The molecule has 0 saturated carbocycles. The topological polar surface area (TPSA) is 82.1 Å². The Bertz CT molecular complexity index is 374. The predicted molar refractivity (Wildman–Crippen MR) is 59.4 cm³/mol. The van der Waals surface area contributed by atoms with Crippen LogP contribution in [0.5, 0.6) is 0 Å². The summed E-state index contributed by atoms with van der Waals surface area (Å²) in [7, 11) is 0. The second-order valence-corrected chi connectivity index (χ2v) is 5.50. The molecule has 2 heterocycles. The summed E-state index contributed by atoms with van der Waals surface area (Å²) in [6.07, 6.45) is -0.0747. The molecule has 0 aliphatic carbocycles. The lowest BCUT2D eigenvalue weighted by Crippen LogP contribution is -2.45. The van der Waals surface area contributed by atoms with Gasteiger partial charge in [0, 0.05) is 13.3 Å². The largest absolute Gasteiger partial charge is 0.361 e. The van der Waals surface area contributed by atoms with E-state index in [9.17, 15) is 14.7 Å². The molecule has 18 heavy (non-hydrogen) atoms. The highest BCUT2D eigenvalue weighted by molar-refractivity contribution is 5.86. The summed E-state index contributed by atoms with van der Waals surface area (Å²) in [5, 5.41) is 10.5. The molecule has 1 N–H and O–H groups in total. The monoisotopic (exact) mass is 258 g/mol. The number of hydrogen-bond donors (Lipinski definition) is 1. The Hall–Kier alpha value is -0.820. The molecular formula is C12H18O6. The van der Waals surface area contributed by atoms with Crippen molar-refractivity contribution in [2.75, 3.05) is 0 Å². The van der Waals surface area contributed by atoms with Crippen LogP contribution >= 0.6 is 0 Å². The zero-order valence-electron chi connectivity index (χ0n) is 11.2. The SMILES string of the molecule is CC(=O)[C@]1(C)OC2(O)C[C@@](C)(C(C)=O)OC2(C)O1. The molecule has 2 rings (SSSR count). The van der Waals surface area contributed by atoms with Crippen molar-refractivity contribution in [1.82, 2.24) is 0 Å². The maximum absolute atomic E-state index is 11.6. The van der Waals surface area contributed by atoms with Crippen molar-refractivity contribution in [1.29, 1.82) is 0 Å². The van der Waals surface area contributed by atoms with Crippen molar-refractivity contribution >= 4 is 11.6 Å². The number of ether oxygens (including phenoxy) is 3. The second kappa shape index (κ2) is 3.39. The molecule has 2 aliphatic rings. The lowest BCUT2D eigenvalue weighted by molar-refractivity contribution is -0.271. The fourth-order valence-corrected chi connectivity index (χ4v) is 2.45. The van der Waals surface area contributed by atoms with Gasteiger partial charge in [0.05, 0.1) is 0 Å². The van der Waals surface area contributed by atoms with E-state index in [-0.39, 0.29) is 18.0 Å². The standard InChI is InChI=1S/C12H18O6/c1-7(13)9(3)6-12(15)11(5,16-9)17-10(4,18-12)8(2)14/h15H,6H2,1-5H3/t9-,10-,11?,12?/m0/s1. The van der Waals surface area contributed by atoms with Gasteiger partial charge >= 0.3 is 0 Å². The van der Waals surface area contributed by atoms with Gasteiger partial charge in [0.1, 0.15) is 5.60 Å². The molecule has 2 saturated heterocycles. The summed E-state index contributed by atoms with van der Waals surface area (Å²) in [5.74, 6) is -5.51. The summed E-state index contributed by atoms with van der Waals surface area (Å²) in [6, 6.07) is 0. The quantitative estimate of drug-likeness (QED) is 0.777. The predicted octanol–water partition coefficient (Wildman–Crippen LogP) is 0.511. The number of fused-ring (bicyclic) bond motifs is 1. The van der Waals surface area contributed by atoms with Gasteiger partial charge in [-0.15, -0.1) is 0 Å². The Balaban J connectivity index is 2.37. The minimum Gasteiger partial charge on any atom is -0.361 e. The minimum atomic E-state index is -1.81. The molecule has 4 atom stereocenters. The average Bonchev–Trinajstić information content (AvgIpc) is 2.43.